The summed E-state index contributed by atoms with van der Waals surface area (Å²) in [6.45, 7) is 2.64. The molecule has 0 atom stereocenters. The van der Waals surface area contributed by atoms with Crippen molar-refractivity contribution in [3.63, 3.8) is 0 Å². The molecule has 6 heteroatoms. The molecule has 1 N–H and O–H groups in total. The second-order valence-electron chi connectivity index (χ2n) is 8.48. The van der Waals surface area contributed by atoms with E-state index in [0.717, 1.165) is 36.8 Å². The van der Waals surface area contributed by atoms with Crippen molar-refractivity contribution in [3.8, 4) is 0 Å². The Balaban J connectivity index is 1.57. The van der Waals surface area contributed by atoms with Gasteiger partial charge < -0.3 is 5.32 Å². The Hall–Kier alpha value is -3.15. The molecule has 1 saturated carbocycles. The zero-order valence-electron chi connectivity index (χ0n) is 18.0. The molecule has 3 aromatic rings. The molecule has 1 aliphatic carbocycles. The van der Waals surface area contributed by atoms with Gasteiger partial charge in [-0.05, 0) is 43.9 Å². The first-order chi connectivity index (χ1) is 15.0. The second-order valence-corrected chi connectivity index (χ2v) is 8.48. The zero-order chi connectivity index (χ0) is 21.8. The number of para-hydroxylation sites is 1. The maximum atomic E-state index is 13.3. The van der Waals surface area contributed by atoms with E-state index in [2.05, 4.69) is 5.32 Å². The lowest BCUT2D eigenvalue weighted by atomic mass is 10.1. The van der Waals surface area contributed by atoms with Gasteiger partial charge >= 0.3 is 5.69 Å². The highest BCUT2D eigenvalue weighted by Gasteiger charge is 2.17. The van der Waals surface area contributed by atoms with Crippen molar-refractivity contribution in [2.75, 3.05) is 0 Å². The van der Waals surface area contributed by atoms with Crippen LogP contribution in [0, 0.1) is 6.92 Å². The van der Waals surface area contributed by atoms with Gasteiger partial charge in [-0.2, -0.15) is 0 Å². The zero-order valence-corrected chi connectivity index (χ0v) is 18.0. The summed E-state index contributed by atoms with van der Waals surface area (Å²) in [7, 11) is 0. The Kier molecular flexibility index (Phi) is 6.35. The van der Waals surface area contributed by atoms with E-state index >= 15 is 0 Å². The summed E-state index contributed by atoms with van der Waals surface area (Å²) in [6, 6.07) is 15.5. The van der Waals surface area contributed by atoms with Crippen LogP contribution >= 0.6 is 0 Å². The molecule has 6 nitrogen and oxygen atoms in total. The maximum absolute atomic E-state index is 13.3. The largest absolute Gasteiger partial charge is 0.353 e. The minimum Gasteiger partial charge on any atom is -0.353 e. The first kappa shape index (κ1) is 21.1. The van der Waals surface area contributed by atoms with E-state index in [1.165, 1.54) is 4.57 Å². The normalized spacial score (nSPS) is 14.2. The molecule has 31 heavy (non-hydrogen) atoms. The lowest BCUT2D eigenvalue weighted by molar-refractivity contribution is -0.121. The topological polar surface area (TPSA) is 73.1 Å². The average Bonchev–Trinajstić information content (AvgIpc) is 3.28. The summed E-state index contributed by atoms with van der Waals surface area (Å²) in [4.78, 5) is 38.5. The first-order valence-corrected chi connectivity index (χ1v) is 11.1. The van der Waals surface area contributed by atoms with Crippen LogP contribution in [0.2, 0.25) is 0 Å². The van der Waals surface area contributed by atoms with Crippen molar-refractivity contribution in [1.29, 1.82) is 0 Å². The summed E-state index contributed by atoms with van der Waals surface area (Å²) >= 11 is 0. The molecule has 1 amide bonds. The molecule has 1 heterocycles. The highest BCUT2D eigenvalue weighted by atomic mass is 16.2. The monoisotopic (exact) mass is 419 g/mol. The number of hydrogen-bond acceptors (Lipinski definition) is 3. The third-order valence-electron chi connectivity index (χ3n) is 6.10. The van der Waals surface area contributed by atoms with Crippen LogP contribution in [0.15, 0.2) is 58.1 Å². The Bertz CT molecular complexity index is 1190. The van der Waals surface area contributed by atoms with Gasteiger partial charge in [0.1, 0.15) is 0 Å². The average molecular weight is 420 g/mol. The standard InChI is InChI=1S/C25H29N3O3/c1-18-12-14-19(15-13-18)17-28-22-10-5-4-9-21(22)24(30)27(25(28)31)16-6-11-23(29)26-20-7-2-3-8-20/h4-5,9-10,12-15,20H,2-3,6-8,11,16-17H2,1H3,(H,26,29). The number of aromatic nitrogens is 2. The number of nitrogens with zero attached hydrogens (tertiary/aromatic N) is 2. The van der Waals surface area contributed by atoms with Gasteiger partial charge in [0, 0.05) is 19.0 Å². The fourth-order valence-corrected chi connectivity index (χ4v) is 4.36. The van der Waals surface area contributed by atoms with Crippen molar-refractivity contribution in [2.24, 2.45) is 0 Å². The number of hydrogen-bond donors (Lipinski definition) is 1. The van der Waals surface area contributed by atoms with Crippen LogP contribution in [0.5, 0.6) is 0 Å². The Morgan fingerprint density at radius 1 is 1.00 bits per heavy atom. The van der Waals surface area contributed by atoms with E-state index in [-0.39, 0.29) is 29.7 Å². The van der Waals surface area contributed by atoms with Crippen molar-refractivity contribution >= 4 is 16.8 Å². The first-order valence-electron chi connectivity index (χ1n) is 11.1. The van der Waals surface area contributed by atoms with Crippen molar-refractivity contribution in [2.45, 2.75) is 64.6 Å². The number of carbonyl (C=O) groups excluding carboxylic acids is 1. The van der Waals surface area contributed by atoms with Gasteiger partial charge in [-0.25, -0.2) is 4.79 Å². The molecular weight excluding hydrogens is 390 g/mol. The number of rotatable bonds is 7. The van der Waals surface area contributed by atoms with Crippen LogP contribution < -0.4 is 16.6 Å². The predicted molar refractivity (Wildman–Crippen MR) is 122 cm³/mol. The van der Waals surface area contributed by atoms with Gasteiger partial charge in [0.05, 0.1) is 17.4 Å². The molecule has 0 aliphatic heterocycles. The Morgan fingerprint density at radius 3 is 2.45 bits per heavy atom. The predicted octanol–water partition coefficient (Wildman–Crippen LogP) is 3.36. The molecule has 162 valence electrons. The lowest BCUT2D eigenvalue weighted by Gasteiger charge is -2.15. The fraction of sp³-hybridized carbons (Fsp3) is 0.400. The summed E-state index contributed by atoms with van der Waals surface area (Å²) in [5.41, 5.74) is 2.16. The molecule has 0 unspecified atom stereocenters. The molecule has 1 aliphatic rings. The van der Waals surface area contributed by atoms with Crippen molar-refractivity contribution < 1.29 is 4.79 Å². The minimum absolute atomic E-state index is 0.000666. The molecular formula is C25H29N3O3. The summed E-state index contributed by atoms with van der Waals surface area (Å²) in [5, 5.41) is 3.58. The molecule has 2 aromatic carbocycles. The van der Waals surface area contributed by atoms with E-state index in [1.807, 2.05) is 49.4 Å². The molecule has 1 fully saturated rings. The van der Waals surface area contributed by atoms with E-state index < -0.39 is 0 Å². The summed E-state index contributed by atoms with van der Waals surface area (Å²) < 4.78 is 2.93. The third kappa shape index (κ3) is 4.79. The molecule has 0 radical (unpaired) electrons. The van der Waals surface area contributed by atoms with Crippen LogP contribution in [-0.2, 0) is 17.9 Å². The van der Waals surface area contributed by atoms with E-state index in [1.54, 1.807) is 10.6 Å². The second kappa shape index (κ2) is 9.33. The number of carbonyl (C=O) groups is 1. The summed E-state index contributed by atoms with van der Waals surface area (Å²) in [6.07, 6.45) is 5.18. The Labute approximate surface area is 181 Å². The van der Waals surface area contributed by atoms with Gasteiger partial charge in [-0.15, -0.1) is 0 Å². The highest BCUT2D eigenvalue weighted by Crippen LogP contribution is 2.17. The van der Waals surface area contributed by atoms with Crippen LogP contribution in [0.25, 0.3) is 10.9 Å². The molecule has 1 aromatic heterocycles. The van der Waals surface area contributed by atoms with Gasteiger partial charge in [0.2, 0.25) is 5.91 Å². The van der Waals surface area contributed by atoms with Gasteiger partial charge in [0.15, 0.2) is 0 Å². The quantitative estimate of drug-likeness (QED) is 0.638. The third-order valence-corrected chi connectivity index (χ3v) is 6.10. The van der Waals surface area contributed by atoms with Crippen LogP contribution in [-0.4, -0.2) is 21.1 Å². The van der Waals surface area contributed by atoms with Crippen LogP contribution in [0.1, 0.15) is 49.7 Å². The number of benzene rings is 2. The molecule has 4 rings (SSSR count). The minimum atomic E-state index is -0.333. The van der Waals surface area contributed by atoms with Crippen molar-refractivity contribution in [3.05, 3.63) is 80.5 Å². The van der Waals surface area contributed by atoms with Gasteiger partial charge in [-0.1, -0.05) is 54.8 Å². The number of nitrogens with one attached hydrogen (secondary N) is 1. The fourth-order valence-electron chi connectivity index (χ4n) is 4.36. The number of amides is 1. The van der Waals surface area contributed by atoms with E-state index in [0.29, 0.717) is 30.3 Å². The molecule has 0 saturated heterocycles. The molecule has 0 bridgehead atoms. The highest BCUT2D eigenvalue weighted by molar-refractivity contribution is 5.78. The maximum Gasteiger partial charge on any atom is 0.331 e. The van der Waals surface area contributed by atoms with E-state index in [9.17, 15) is 14.4 Å². The van der Waals surface area contributed by atoms with Crippen LogP contribution in [0.4, 0.5) is 0 Å². The SMILES string of the molecule is Cc1ccc(Cn2c(=O)n(CCCC(=O)NC3CCCC3)c(=O)c3ccccc32)cc1. The Morgan fingerprint density at radius 2 is 1.71 bits per heavy atom. The van der Waals surface area contributed by atoms with Gasteiger partial charge in [0.25, 0.3) is 5.56 Å². The van der Waals surface area contributed by atoms with E-state index in [4.69, 9.17) is 0 Å². The van der Waals surface area contributed by atoms with Gasteiger partial charge in [-0.3, -0.25) is 18.7 Å². The molecule has 0 spiro atoms. The van der Waals surface area contributed by atoms with Crippen LogP contribution in [0.3, 0.4) is 0 Å². The number of fused-ring (bicyclic) bond motifs is 1. The smallest absolute Gasteiger partial charge is 0.331 e. The lowest BCUT2D eigenvalue weighted by Crippen LogP contribution is -2.40. The van der Waals surface area contributed by atoms with Crippen molar-refractivity contribution in [1.82, 2.24) is 14.5 Å². The summed E-state index contributed by atoms with van der Waals surface area (Å²) in [5.74, 6) is 0.000666. The number of aryl methyl sites for hydroxylation is 1.